The molecule has 1 atom stereocenters. The van der Waals surface area contributed by atoms with Gasteiger partial charge in [-0.25, -0.2) is 9.50 Å². The molecule has 0 aromatic carbocycles. The van der Waals surface area contributed by atoms with Crippen molar-refractivity contribution < 1.29 is 18.6 Å². The highest BCUT2D eigenvalue weighted by atomic mass is 79.9. The lowest BCUT2D eigenvalue weighted by Gasteiger charge is -2.25. The fourth-order valence-electron chi connectivity index (χ4n) is 3.33. The van der Waals surface area contributed by atoms with Crippen molar-refractivity contribution in [1.82, 2.24) is 14.6 Å². The molecule has 26 heavy (non-hydrogen) atoms. The van der Waals surface area contributed by atoms with Gasteiger partial charge in [0.2, 0.25) is 5.95 Å². The number of anilines is 1. The van der Waals surface area contributed by atoms with Crippen LogP contribution in [0.15, 0.2) is 16.7 Å². The zero-order valence-corrected chi connectivity index (χ0v) is 16.1. The Hall–Kier alpha value is -1.32. The first-order valence-electron chi connectivity index (χ1n) is 8.82. The van der Waals surface area contributed by atoms with Crippen molar-refractivity contribution in [2.24, 2.45) is 0 Å². The molecule has 2 aromatic rings. The third kappa shape index (κ3) is 4.69. The van der Waals surface area contributed by atoms with Gasteiger partial charge >= 0.3 is 6.61 Å². The zero-order chi connectivity index (χ0) is 18.7. The summed E-state index contributed by atoms with van der Waals surface area (Å²) in [5, 5.41) is 17.4. The summed E-state index contributed by atoms with van der Waals surface area (Å²) >= 11 is 3.56. The highest BCUT2D eigenvalue weighted by Gasteiger charge is 2.24. The first-order chi connectivity index (χ1) is 12.4. The molecule has 2 heterocycles. The van der Waals surface area contributed by atoms with Gasteiger partial charge in [-0.05, 0) is 61.0 Å². The molecule has 6 nitrogen and oxygen atoms in total. The molecule has 9 heteroatoms. The normalized spacial score (nSPS) is 22.1. The number of aliphatic hydroxyl groups is 1. The SMILES string of the molecule is CC(CCOC(F)F)Nc1ncc2c(Br)cc([C@H]3CC[C@H](O)CC3)n2n1. The molecular weight excluding hydrogens is 410 g/mol. The Kier molecular flexibility index (Phi) is 6.42. The molecule has 0 amide bonds. The van der Waals surface area contributed by atoms with Crippen LogP contribution in [0.3, 0.4) is 0 Å². The van der Waals surface area contributed by atoms with E-state index in [-0.39, 0.29) is 18.8 Å². The van der Waals surface area contributed by atoms with Crippen molar-refractivity contribution in [3.8, 4) is 0 Å². The van der Waals surface area contributed by atoms with Gasteiger partial charge in [0, 0.05) is 22.1 Å². The van der Waals surface area contributed by atoms with E-state index in [0.29, 0.717) is 18.3 Å². The summed E-state index contributed by atoms with van der Waals surface area (Å²) in [7, 11) is 0. The van der Waals surface area contributed by atoms with Crippen molar-refractivity contribution in [1.29, 1.82) is 0 Å². The highest BCUT2D eigenvalue weighted by Crippen LogP contribution is 2.36. The van der Waals surface area contributed by atoms with E-state index in [1.165, 1.54) is 0 Å². The van der Waals surface area contributed by atoms with E-state index in [1.807, 2.05) is 11.4 Å². The number of nitrogens with one attached hydrogen (secondary N) is 1. The molecule has 2 aromatic heterocycles. The number of aromatic nitrogens is 3. The Morgan fingerprint density at radius 3 is 2.81 bits per heavy atom. The first-order valence-corrected chi connectivity index (χ1v) is 9.62. The number of alkyl halides is 2. The zero-order valence-electron chi connectivity index (χ0n) is 14.5. The van der Waals surface area contributed by atoms with Crippen LogP contribution in [-0.2, 0) is 4.74 Å². The van der Waals surface area contributed by atoms with Crippen LogP contribution < -0.4 is 5.32 Å². The third-order valence-electron chi connectivity index (χ3n) is 4.78. The monoisotopic (exact) mass is 432 g/mol. The van der Waals surface area contributed by atoms with Gasteiger partial charge in [-0.2, -0.15) is 8.78 Å². The molecule has 0 radical (unpaired) electrons. The topological polar surface area (TPSA) is 71.7 Å². The number of hydrogen-bond donors (Lipinski definition) is 2. The highest BCUT2D eigenvalue weighted by molar-refractivity contribution is 9.10. The quantitative estimate of drug-likeness (QED) is 0.692. The van der Waals surface area contributed by atoms with E-state index in [2.05, 4.69) is 42.1 Å². The Labute approximate surface area is 159 Å². The summed E-state index contributed by atoms with van der Waals surface area (Å²) in [6, 6.07) is 1.97. The van der Waals surface area contributed by atoms with Crippen LogP contribution >= 0.6 is 15.9 Å². The van der Waals surface area contributed by atoms with Gasteiger partial charge in [0.1, 0.15) is 0 Å². The number of fused-ring (bicyclic) bond motifs is 1. The number of halogens is 3. The predicted molar refractivity (Wildman–Crippen MR) is 97.6 cm³/mol. The van der Waals surface area contributed by atoms with Crippen molar-refractivity contribution in [2.45, 2.75) is 63.7 Å². The van der Waals surface area contributed by atoms with Crippen LogP contribution in [0.2, 0.25) is 0 Å². The minimum atomic E-state index is -2.75. The van der Waals surface area contributed by atoms with Gasteiger partial charge in [-0.3, -0.25) is 0 Å². The van der Waals surface area contributed by atoms with Gasteiger partial charge in [-0.1, -0.05) is 0 Å². The van der Waals surface area contributed by atoms with Crippen LogP contribution in [0, 0.1) is 0 Å². The third-order valence-corrected chi connectivity index (χ3v) is 5.42. The fraction of sp³-hybridized carbons (Fsp3) is 0.647. The van der Waals surface area contributed by atoms with Gasteiger partial charge in [0.05, 0.1) is 24.4 Å². The second-order valence-electron chi connectivity index (χ2n) is 6.77. The Bertz CT molecular complexity index is 735. The minimum Gasteiger partial charge on any atom is -0.393 e. The van der Waals surface area contributed by atoms with E-state index >= 15 is 0 Å². The van der Waals surface area contributed by atoms with Crippen LogP contribution in [0.25, 0.3) is 5.52 Å². The van der Waals surface area contributed by atoms with Crippen molar-refractivity contribution in [3.05, 3.63) is 22.4 Å². The van der Waals surface area contributed by atoms with Gasteiger partial charge in [0.15, 0.2) is 0 Å². The van der Waals surface area contributed by atoms with Crippen LogP contribution in [0.1, 0.15) is 50.6 Å². The summed E-state index contributed by atoms with van der Waals surface area (Å²) < 4.78 is 31.2. The van der Waals surface area contributed by atoms with Crippen LogP contribution in [0.5, 0.6) is 0 Å². The van der Waals surface area contributed by atoms with E-state index in [1.54, 1.807) is 6.20 Å². The smallest absolute Gasteiger partial charge is 0.345 e. The maximum atomic E-state index is 12.0. The molecule has 2 N–H and O–H groups in total. The Morgan fingerprint density at radius 2 is 2.12 bits per heavy atom. The lowest BCUT2D eigenvalue weighted by atomic mass is 9.85. The summed E-state index contributed by atoms with van der Waals surface area (Å²) in [6.07, 6.45) is 5.41. The largest absolute Gasteiger partial charge is 0.393 e. The molecule has 1 aliphatic rings. The lowest BCUT2D eigenvalue weighted by molar-refractivity contribution is -0.129. The predicted octanol–water partition coefficient (Wildman–Crippen LogP) is 3.94. The molecule has 1 aliphatic carbocycles. The van der Waals surface area contributed by atoms with E-state index < -0.39 is 6.61 Å². The van der Waals surface area contributed by atoms with Crippen LogP contribution in [0.4, 0.5) is 14.7 Å². The number of rotatable bonds is 7. The molecule has 3 rings (SSSR count). The van der Waals surface area contributed by atoms with Crippen LogP contribution in [-0.4, -0.2) is 45.1 Å². The molecular formula is C17H23BrF2N4O2. The van der Waals surface area contributed by atoms with Crippen molar-refractivity contribution in [3.63, 3.8) is 0 Å². The Morgan fingerprint density at radius 1 is 1.38 bits per heavy atom. The average Bonchev–Trinajstić information content (AvgIpc) is 2.91. The number of ether oxygens (including phenoxy) is 1. The average molecular weight is 433 g/mol. The molecule has 0 bridgehead atoms. The standard InChI is InChI=1S/C17H23BrF2N4O2/c1-10(6-7-26-16(19)20)22-17-21-9-15-13(18)8-14(24(15)23-17)11-2-4-12(25)5-3-11/h8-12,16,25H,2-7H2,1H3,(H,22,23)/t10?,11-,12-. The second kappa shape index (κ2) is 8.58. The van der Waals surface area contributed by atoms with E-state index in [4.69, 9.17) is 0 Å². The maximum Gasteiger partial charge on any atom is 0.345 e. The van der Waals surface area contributed by atoms with Crippen molar-refractivity contribution in [2.75, 3.05) is 11.9 Å². The summed E-state index contributed by atoms with van der Waals surface area (Å²) in [5.41, 5.74) is 1.98. The minimum absolute atomic E-state index is 0.0290. The number of nitrogens with zero attached hydrogens (tertiary/aromatic N) is 3. The van der Waals surface area contributed by atoms with Gasteiger partial charge in [-0.15, -0.1) is 5.10 Å². The summed E-state index contributed by atoms with van der Waals surface area (Å²) in [5.74, 6) is 0.791. The molecule has 0 aliphatic heterocycles. The van der Waals surface area contributed by atoms with Crippen molar-refractivity contribution >= 4 is 27.4 Å². The van der Waals surface area contributed by atoms with E-state index in [0.717, 1.165) is 41.4 Å². The molecule has 1 fully saturated rings. The molecule has 144 valence electrons. The van der Waals surface area contributed by atoms with E-state index in [9.17, 15) is 13.9 Å². The maximum absolute atomic E-state index is 12.0. The molecule has 0 spiro atoms. The molecule has 1 unspecified atom stereocenters. The Balaban J connectivity index is 1.73. The first kappa shape index (κ1) is 19.4. The summed E-state index contributed by atoms with van der Waals surface area (Å²) in [6.45, 7) is -0.903. The fourth-order valence-corrected chi connectivity index (χ4v) is 3.84. The number of aliphatic hydroxyl groups excluding tert-OH is 1. The van der Waals surface area contributed by atoms with Gasteiger partial charge in [0.25, 0.3) is 0 Å². The second-order valence-corrected chi connectivity index (χ2v) is 7.62. The summed E-state index contributed by atoms with van der Waals surface area (Å²) in [4.78, 5) is 4.32. The number of hydrogen-bond acceptors (Lipinski definition) is 5. The molecule has 1 saturated carbocycles. The van der Waals surface area contributed by atoms with Gasteiger partial charge < -0.3 is 15.2 Å². The lowest BCUT2D eigenvalue weighted by Crippen LogP contribution is -2.21. The molecule has 0 saturated heterocycles.